The Morgan fingerprint density at radius 2 is 1.81 bits per heavy atom. The van der Waals surface area contributed by atoms with Gasteiger partial charge in [-0.15, -0.1) is 0 Å². The zero-order chi connectivity index (χ0) is 19.1. The number of esters is 1. The molecule has 0 bridgehead atoms. The van der Waals surface area contributed by atoms with E-state index in [-0.39, 0.29) is 12.4 Å². The third kappa shape index (κ3) is 5.60. The van der Waals surface area contributed by atoms with Gasteiger partial charge in [0.05, 0.1) is 5.69 Å². The van der Waals surface area contributed by atoms with Crippen LogP contribution in [-0.2, 0) is 14.3 Å². The van der Waals surface area contributed by atoms with Crippen molar-refractivity contribution < 1.29 is 23.9 Å². The van der Waals surface area contributed by atoms with Gasteiger partial charge in [0.1, 0.15) is 5.75 Å². The fourth-order valence-electron chi connectivity index (χ4n) is 2.12. The third-order valence-corrected chi connectivity index (χ3v) is 3.85. The second-order valence-electron chi connectivity index (χ2n) is 5.51. The van der Waals surface area contributed by atoms with Crippen molar-refractivity contribution in [1.29, 1.82) is 0 Å². The minimum Gasteiger partial charge on any atom is -0.482 e. The van der Waals surface area contributed by atoms with Crippen LogP contribution in [0.5, 0.6) is 5.75 Å². The first-order chi connectivity index (χ1) is 12.4. The molecule has 2 aromatic carbocycles. The summed E-state index contributed by atoms with van der Waals surface area (Å²) in [7, 11) is 0. The Hall–Kier alpha value is -2.86. The normalized spacial score (nSPS) is 10.1. The summed E-state index contributed by atoms with van der Waals surface area (Å²) in [4.78, 5) is 35.1. The molecule has 0 aliphatic rings. The predicted molar refractivity (Wildman–Crippen MR) is 97.7 cm³/mol. The van der Waals surface area contributed by atoms with E-state index in [2.05, 4.69) is 5.32 Å². The first-order valence-electron chi connectivity index (χ1n) is 7.81. The minimum atomic E-state index is -0.687. The van der Waals surface area contributed by atoms with Gasteiger partial charge in [-0.1, -0.05) is 23.7 Å². The van der Waals surface area contributed by atoms with Gasteiger partial charge in [-0.3, -0.25) is 9.59 Å². The van der Waals surface area contributed by atoms with Crippen LogP contribution in [0.4, 0.5) is 5.69 Å². The highest BCUT2D eigenvalue weighted by Gasteiger charge is 2.12. The molecule has 0 saturated heterocycles. The van der Waals surface area contributed by atoms with E-state index in [0.29, 0.717) is 22.0 Å². The first-order valence-corrected chi connectivity index (χ1v) is 8.19. The standard InChI is InChI=1S/C19H18ClNO5/c1-12-9-14(7-8-16(12)20)25-11-19(24)26-10-18(23)21-17-6-4-3-5-15(17)13(2)22/h3-9H,10-11H2,1-2H3,(H,21,23). The van der Waals surface area contributed by atoms with Gasteiger partial charge in [0, 0.05) is 10.6 Å². The number of halogens is 1. The lowest BCUT2D eigenvalue weighted by atomic mass is 10.1. The van der Waals surface area contributed by atoms with Crippen LogP contribution in [0.2, 0.25) is 5.02 Å². The number of anilines is 1. The zero-order valence-corrected chi connectivity index (χ0v) is 15.1. The van der Waals surface area contributed by atoms with Gasteiger partial charge in [-0.05, 0) is 49.7 Å². The summed E-state index contributed by atoms with van der Waals surface area (Å²) in [5, 5.41) is 3.14. The van der Waals surface area contributed by atoms with E-state index in [1.165, 1.54) is 6.92 Å². The summed E-state index contributed by atoms with van der Waals surface area (Å²) in [5.41, 5.74) is 1.57. The largest absolute Gasteiger partial charge is 0.482 e. The maximum absolute atomic E-state index is 11.9. The maximum atomic E-state index is 11.9. The smallest absolute Gasteiger partial charge is 0.344 e. The maximum Gasteiger partial charge on any atom is 0.344 e. The van der Waals surface area contributed by atoms with Gasteiger partial charge < -0.3 is 14.8 Å². The minimum absolute atomic E-state index is 0.176. The number of hydrogen-bond donors (Lipinski definition) is 1. The molecule has 2 aromatic rings. The van der Waals surface area contributed by atoms with Gasteiger partial charge in [-0.2, -0.15) is 0 Å². The van der Waals surface area contributed by atoms with Crippen molar-refractivity contribution in [1.82, 2.24) is 0 Å². The molecule has 1 N–H and O–H groups in total. The Kier molecular flexibility index (Phi) is 6.74. The molecule has 7 heteroatoms. The lowest BCUT2D eigenvalue weighted by molar-refractivity contribution is -0.149. The van der Waals surface area contributed by atoms with Crippen molar-refractivity contribution in [2.75, 3.05) is 18.5 Å². The van der Waals surface area contributed by atoms with Gasteiger partial charge in [0.15, 0.2) is 19.0 Å². The lowest BCUT2D eigenvalue weighted by Gasteiger charge is -2.10. The number of Topliss-reactive ketones (excluding diaryl/α,β-unsaturated/α-hetero) is 1. The van der Waals surface area contributed by atoms with E-state index in [1.54, 1.807) is 42.5 Å². The molecule has 136 valence electrons. The van der Waals surface area contributed by atoms with Crippen molar-refractivity contribution in [3.05, 3.63) is 58.6 Å². The molecular weight excluding hydrogens is 358 g/mol. The van der Waals surface area contributed by atoms with E-state index in [4.69, 9.17) is 21.1 Å². The fraction of sp³-hybridized carbons (Fsp3) is 0.211. The molecule has 0 aromatic heterocycles. The number of ketones is 1. The van der Waals surface area contributed by atoms with Crippen molar-refractivity contribution in [3.63, 3.8) is 0 Å². The highest BCUT2D eigenvalue weighted by atomic mass is 35.5. The second-order valence-corrected chi connectivity index (χ2v) is 5.92. The van der Waals surface area contributed by atoms with E-state index in [9.17, 15) is 14.4 Å². The van der Waals surface area contributed by atoms with Gasteiger partial charge in [0.2, 0.25) is 0 Å². The summed E-state index contributed by atoms with van der Waals surface area (Å²) in [6.07, 6.45) is 0. The summed E-state index contributed by atoms with van der Waals surface area (Å²) in [6, 6.07) is 11.6. The Balaban J connectivity index is 1.81. The number of nitrogens with one attached hydrogen (secondary N) is 1. The lowest BCUT2D eigenvalue weighted by Crippen LogP contribution is -2.24. The number of para-hydroxylation sites is 1. The topological polar surface area (TPSA) is 81.7 Å². The summed E-state index contributed by atoms with van der Waals surface area (Å²) in [5.74, 6) is -0.935. The molecule has 0 aliphatic carbocycles. The van der Waals surface area contributed by atoms with Crippen molar-refractivity contribution in [2.45, 2.75) is 13.8 Å². The molecule has 0 spiro atoms. The van der Waals surface area contributed by atoms with Gasteiger partial charge >= 0.3 is 5.97 Å². The average molecular weight is 376 g/mol. The molecule has 0 radical (unpaired) electrons. The molecule has 2 rings (SSSR count). The molecule has 26 heavy (non-hydrogen) atoms. The number of amides is 1. The first kappa shape index (κ1) is 19.5. The fourth-order valence-corrected chi connectivity index (χ4v) is 2.24. The highest BCUT2D eigenvalue weighted by molar-refractivity contribution is 6.31. The monoisotopic (exact) mass is 375 g/mol. The summed E-state index contributed by atoms with van der Waals surface area (Å²) >= 11 is 5.91. The van der Waals surface area contributed by atoms with Crippen molar-refractivity contribution in [3.8, 4) is 5.75 Å². The molecule has 0 fully saturated rings. The molecule has 0 heterocycles. The van der Waals surface area contributed by atoms with E-state index in [1.807, 2.05) is 6.92 Å². The van der Waals surface area contributed by atoms with E-state index in [0.717, 1.165) is 5.56 Å². The molecule has 0 unspecified atom stereocenters. The van der Waals surface area contributed by atoms with Crippen LogP contribution < -0.4 is 10.1 Å². The Morgan fingerprint density at radius 1 is 1.08 bits per heavy atom. The number of aryl methyl sites for hydroxylation is 1. The third-order valence-electron chi connectivity index (χ3n) is 3.43. The molecule has 0 aliphatic heterocycles. The van der Waals surface area contributed by atoms with E-state index >= 15 is 0 Å². The summed E-state index contributed by atoms with van der Waals surface area (Å²) in [6.45, 7) is 2.41. The molecule has 0 saturated carbocycles. The van der Waals surface area contributed by atoms with Crippen LogP contribution in [-0.4, -0.2) is 30.9 Å². The number of hydrogen-bond acceptors (Lipinski definition) is 5. The van der Waals surface area contributed by atoms with Crippen LogP contribution >= 0.6 is 11.6 Å². The summed E-state index contributed by atoms with van der Waals surface area (Å²) < 4.78 is 10.2. The second kappa shape index (κ2) is 9.01. The molecule has 6 nitrogen and oxygen atoms in total. The number of rotatable bonds is 7. The van der Waals surface area contributed by atoms with Crippen molar-refractivity contribution >= 4 is 34.9 Å². The van der Waals surface area contributed by atoms with Gasteiger partial charge in [-0.25, -0.2) is 4.79 Å². The predicted octanol–water partition coefficient (Wildman–Crippen LogP) is 3.41. The average Bonchev–Trinajstić information content (AvgIpc) is 2.61. The highest BCUT2D eigenvalue weighted by Crippen LogP contribution is 2.21. The van der Waals surface area contributed by atoms with Gasteiger partial charge in [0.25, 0.3) is 5.91 Å². The zero-order valence-electron chi connectivity index (χ0n) is 14.4. The SMILES string of the molecule is CC(=O)c1ccccc1NC(=O)COC(=O)COc1ccc(Cl)c(C)c1. The van der Waals surface area contributed by atoms with Crippen LogP contribution in [0.3, 0.4) is 0 Å². The number of ether oxygens (including phenoxy) is 2. The number of carbonyl (C=O) groups is 3. The molecule has 1 amide bonds. The van der Waals surface area contributed by atoms with E-state index < -0.39 is 18.5 Å². The Morgan fingerprint density at radius 3 is 2.50 bits per heavy atom. The number of benzene rings is 2. The van der Waals surface area contributed by atoms with Crippen LogP contribution in [0.1, 0.15) is 22.8 Å². The molecular formula is C19H18ClNO5. The van der Waals surface area contributed by atoms with Crippen LogP contribution in [0.25, 0.3) is 0 Å². The molecule has 0 atom stereocenters. The van der Waals surface area contributed by atoms with Crippen molar-refractivity contribution in [2.24, 2.45) is 0 Å². The Bertz CT molecular complexity index is 834. The number of carbonyl (C=O) groups excluding carboxylic acids is 3. The quantitative estimate of drug-likeness (QED) is 0.592. The van der Waals surface area contributed by atoms with Crippen LogP contribution in [0.15, 0.2) is 42.5 Å². The Labute approximate surface area is 156 Å². The van der Waals surface area contributed by atoms with Crippen LogP contribution in [0, 0.1) is 6.92 Å².